The van der Waals surface area contributed by atoms with Gasteiger partial charge in [0.05, 0.1) is 4.90 Å². The summed E-state index contributed by atoms with van der Waals surface area (Å²) >= 11 is 0. The molecule has 1 aliphatic rings. The Balaban J connectivity index is 1.34. The highest BCUT2D eigenvalue weighted by molar-refractivity contribution is 7.89. The predicted molar refractivity (Wildman–Crippen MR) is 153 cm³/mol. The average molecular weight is 528 g/mol. The van der Waals surface area contributed by atoms with Crippen molar-refractivity contribution in [1.29, 1.82) is 0 Å². The second-order valence-corrected chi connectivity index (χ2v) is 11.8. The van der Waals surface area contributed by atoms with Gasteiger partial charge in [-0.1, -0.05) is 79.7 Å². The van der Waals surface area contributed by atoms with Crippen molar-refractivity contribution in [3.8, 4) is 0 Å². The molecular weight excluding hydrogens is 494 g/mol. The molecular formula is C31H33N3O3S. The number of carbonyl (C=O) groups excluding carboxylic acids is 1. The van der Waals surface area contributed by atoms with E-state index in [1.807, 2.05) is 61.5 Å². The lowest BCUT2D eigenvalue weighted by atomic mass is 9.94. The van der Waals surface area contributed by atoms with Gasteiger partial charge >= 0.3 is 0 Å². The largest absolute Gasteiger partial charge is 0.321 e. The van der Waals surface area contributed by atoms with Crippen LogP contribution >= 0.6 is 0 Å². The molecule has 1 fully saturated rings. The first-order valence-electron chi connectivity index (χ1n) is 13.0. The monoisotopic (exact) mass is 527 g/mol. The van der Waals surface area contributed by atoms with E-state index in [2.05, 4.69) is 34.0 Å². The zero-order chi connectivity index (χ0) is 26.7. The molecule has 2 unspecified atom stereocenters. The van der Waals surface area contributed by atoms with E-state index in [0.29, 0.717) is 22.0 Å². The van der Waals surface area contributed by atoms with Crippen LogP contribution in [0.5, 0.6) is 0 Å². The third-order valence-corrected chi connectivity index (χ3v) is 8.90. The fraction of sp³-hybridized carbons (Fsp3) is 0.258. The number of hydrogen-bond acceptors (Lipinski definition) is 4. The summed E-state index contributed by atoms with van der Waals surface area (Å²) in [5, 5.41) is 4.24. The predicted octanol–water partition coefficient (Wildman–Crippen LogP) is 5.59. The highest BCUT2D eigenvalue weighted by Gasteiger charge is 2.31. The van der Waals surface area contributed by atoms with E-state index in [-0.39, 0.29) is 22.8 Å². The second-order valence-electron chi connectivity index (χ2n) is 10.1. The average Bonchev–Trinajstić information content (AvgIpc) is 2.91. The van der Waals surface area contributed by atoms with Crippen LogP contribution in [0.25, 0.3) is 10.8 Å². The molecule has 1 saturated heterocycles. The van der Waals surface area contributed by atoms with Crippen molar-refractivity contribution in [2.75, 3.05) is 18.4 Å². The molecule has 0 aromatic heterocycles. The molecule has 2 N–H and O–H groups in total. The Kier molecular flexibility index (Phi) is 7.61. The van der Waals surface area contributed by atoms with E-state index in [1.165, 1.54) is 5.56 Å². The molecule has 6 nitrogen and oxygen atoms in total. The Labute approximate surface area is 224 Å². The number of amides is 1. The van der Waals surface area contributed by atoms with Gasteiger partial charge in [-0.25, -0.2) is 13.1 Å². The van der Waals surface area contributed by atoms with Crippen molar-refractivity contribution in [1.82, 2.24) is 9.62 Å². The number of aryl methyl sites for hydroxylation is 1. The third-order valence-electron chi connectivity index (χ3n) is 7.36. The normalized spacial score (nSPS) is 18.4. The van der Waals surface area contributed by atoms with Gasteiger partial charge in [0.1, 0.15) is 0 Å². The van der Waals surface area contributed by atoms with Crippen LogP contribution < -0.4 is 10.0 Å². The van der Waals surface area contributed by atoms with E-state index in [9.17, 15) is 13.2 Å². The number of sulfonamides is 1. The highest BCUT2D eigenvalue weighted by atomic mass is 32.2. The number of nitrogens with one attached hydrogen (secondary N) is 2. The minimum absolute atomic E-state index is 0.147. The van der Waals surface area contributed by atoms with Crippen LogP contribution in [0.15, 0.2) is 95.9 Å². The summed E-state index contributed by atoms with van der Waals surface area (Å²) in [6, 6.07) is 28.2. The van der Waals surface area contributed by atoms with Crippen LogP contribution in [0, 0.1) is 12.8 Å². The van der Waals surface area contributed by atoms with E-state index in [0.717, 1.165) is 31.6 Å². The first kappa shape index (κ1) is 26.1. The Morgan fingerprint density at radius 1 is 0.895 bits per heavy atom. The molecule has 7 heteroatoms. The van der Waals surface area contributed by atoms with Gasteiger partial charge in [0.15, 0.2) is 0 Å². The quantitative estimate of drug-likeness (QED) is 0.328. The number of carbonyl (C=O) groups is 1. The number of nitrogens with zero attached hydrogens (tertiary/aromatic N) is 1. The van der Waals surface area contributed by atoms with Crippen molar-refractivity contribution < 1.29 is 13.2 Å². The maximum Gasteiger partial charge on any atom is 0.255 e. The Morgan fingerprint density at radius 2 is 1.58 bits per heavy atom. The first-order valence-corrected chi connectivity index (χ1v) is 14.5. The van der Waals surface area contributed by atoms with Crippen molar-refractivity contribution in [3.05, 3.63) is 108 Å². The number of anilines is 1. The molecule has 0 bridgehead atoms. The molecule has 4 aromatic carbocycles. The van der Waals surface area contributed by atoms with Crippen molar-refractivity contribution in [2.45, 2.75) is 37.8 Å². The SMILES string of the molecule is Cc1ccccc1C(=O)Nc1ccc(S(=O)(=O)NC2CCN(Cc3ccccc3)CC2C)c2ccccc12. The molecule has 1 amide bonds. The van der Waals surface area contributed by atoms with E-state index in [1.54, 1.807) is 24.3 Å². The van der Waals surface area contributed by atoms with Gasteiger partial charge in [0, 0.05) is 47.7 Å². The molecule has 2 atom stereocenters. The van der Waals surface area contributed by atoms with E-state index >= 15 is 0 Å². The maximum absolute atomic E-state index is 13.6. The van der Waals surface area contributed by atoms with Crippen LogP contribution in [0.1, 0.15) is 34.8 Å². The zero-order valence-corrected chi connectivity index (χ0v) is 22.5. The van der Waals surface area contributed by atoms with Crippen molar-refractivity contribution in [2.24, 2.45) is 5.92 Å². The van der Waals surface area contributed by atoms with Gasteiger partial charge in [-0.2, -0.15) is 0 Å². The number of benzene rings is 4. The summed E-state index contributed by atoms with van der Waals surface area (Å²) in [4.78, 5) is 15.6. The number of piperidine rings is 1. The van der Waals surface area contributed by atoms with Crippen molar-refractivity contribution >= 4 is 32.4 Å². The summed E-state index contributed by atoms with van der Waals surface area (Å²) < 4.78 is 30.2. The van der Waals surface area contributed by atoms with Gasteiger partial charge in [0.25, 0.3) is 5.91 Å². The Bertz CT molecular complexity index is 1550. The second kappa shape index (κ2) is 11.1. The smallest absolute Gasteiger partial charge is 0.255 e. The van der Waals surface area contributed by atoms with Crippen molar-refractivity contribution in [3.63, 3.8) is 0 Å². The molecule has 38 heavy (non-hydrogen) atoms. The Morgan fingerprint density at radius 3 is 2.32 bits per heavy atom. The van der Waals surface area contributed by atoms with Gasteiger partial charge in [-0.05, 0) is 48.6 Å². The van der Waals surface area contributed by atoms with Crippen LogP contribution in [0.4, 0.5) is 5.69 Å². The van der Waals surface area contributed by atoms with Crippen LogP contribution in [0.2, 0.25) is 0 Å². The van der Waals surface area contributed by atoms with Crippen LogP contribution in [0.3, 0.4) is 0 Å². The van der Waals surface area contributed by atoms with Gasteiger partial charge in [0.2, 0.25) is 10.0 Å². The minimum atomic E-state index is -3.78. The maximum atomic E-state index is 13.6. The summed E-state index contributed by atoms with van der Waals surface area (Å²) in [5.41, 5.74) is 3.30. The fourth-order valence-electron chi connectivity index (χ4n) is 5.29. The van der Waals surface area contributed by atoms with Gasteiger partial charge < -0.3 is 5.32 Å². The fourth-order valence-corrected chi connectivity index (χ4v) is 6.88. The highest BCUT2D eigenvalue weighted by Crippen LogP contribution is 2.31. The molecule has 1 heterocycles. The van der Waals surface area contributed by atoms with Gasteiger partial charge in [-0.3, -0.25) is 9.69 Å². The summed E-state index contributed by atoms with van der Waals surface area (Å²) in [6.45, 7) is 6.52. The molecule has 0 radical (unpaired) electrons. The lowest BCUT2D eigenvalue weighted by molar-refractivity contribution is 0.102. The van der Waals surface area contributed by atoms with E-state index in [4.69, 9.17) is 0 Å². The zero-order valence-electron chi connectivity index (χ0n) is 21.7. The van der Waals surface area contributed by atoms with E-state index < -0.39 is 10.0 Å². The van der Waals surface area contributed by atoms with Crippen LogP contribution in [-0.2, 0) is 16.6 Å². The summed E-state index contributed by atoms with van der Waals surface area (Å²) in [5.74, 6) is -0.0563. The molecule has 0 aliphatic carbocycles. The third kappa shape index (κ3) is 5.65. The number of likely N-dealkylation sites (tertiary alicyclic amines) is 1. The minimum Gasteiger partial charge on any atom is -0.321 e. The lowest BCUT2D eigenvalue weighted by Gasteiger charge is -2.37. The topological polar surface area (TPSA) is 78.5 Å². The first-order chi connectivity index (χ1) is 18.3. The number of rotatable bonds is 7. The van der Waals surface area contributed by atoms with Crippen LogP contribution in [-0.4, -0.2) is 38.4 Å². The molecule has 0 spiro atoms. The molecule has 196 valence electrons. The Hall–Kier alpha value is -3.52. The standard InChI is InChI=1S/C31H33N3O3S/c1-22-10-6-7-13-25(22)31(35)32-29-16-17-30(27-15-9-8-14-26(27)29)38(36,37)33-28-18-19-34(20-23(28)2)21-24-11-4-3-5-12-24/h3-17,23,28,33H,18-21H2,1-2H3,(H,32,35). The number of hydrogen-bond donors (Lipinski definition) is 2. The lowest BCUT2D eigenvalue weighted by Crippen LogP contribution is -2.49. The summed E-state index contributed by atoms with van der Waals surface area (Å²) in [7, 11) is -3.78. The molecule has 1 aliphatic heterocycles. The number of fused-ring (bicyclic) bond motifs is 1. The van der Waals surface area contributed by atoms with Gasteiger partial charge in [-0.15, -0.1) is 0 Å². The molecule has 5 rings (SSSR count). The molecule has 4 aromatic rings. The summed E-state index contributed by atoms with van der Waals surface area (Å²) in [6.07, 6.45) is 0.746. The molecule has 0 saturated carbocycles.